The van der Waals surface area contributed by atoms with Crippen LogP contribution in [0.15, 0.2) is 18.2 Å². The number of amides is 2. The van der Waals surface area contributed by atoms with Gasteiger partial charge in [-0.1, -0.05) is 6.07 Å². The van der Waals surface area contributed by atoms with E-state index >= 15 is 0 Å². The van der Waals surface area contributed by atoms with Gasteiger partial charge in [-0.2, -0.15) is 0 Å². The molecular weight excluding hydrogens is 232 g/mol. The molecule has 0 spiro atoms. The molecule has 0 aliphatic carbocycles. The molecule has 1 saturated heterocycles. The molecular formula is C12H16N4O2. The number of carbonyl (C=O) groups excluding carboxylic acids is 2. The van der Waals surface area contributed by atoms with Crippen molar-refractivity contribution >= 4 is 17.6 Å². The van der Waals surface area contributed by atoms with E-state index in [4.69, 9.17) is 0 Å². The average molecular weight is 248 g/mol. The Hall–Kier alpha value is -2.11. The Kier molecular flexibility index (Phi) is 3.45. The molecule has 1 fully saturated rings. The van der Waals surface area contributed by atoms with Crippen LogP contribution in [0.25, 0.3) is 0 Å². The van der Waals surface area contributed by atoms with Crippen molar-refractivity contribution in [3.63, 3.8) is 0 Å². The van der Waals surface area contributed by atoms with Crippen molar-refractivity contribution in [3.05, 3.63) is 23.9 Å². The molecule has 1 aliphatic rings. The minimum absolute atomic E-state index is 0.0422. The number of nitrogens with one attached hydrogen (secondary N) is 1. The van der Waals surface area contributed by atoms with Gasteiger partial charge in [0.05, 0.1) is 0 Å². The first-order valence-electron chi connectivity index (χ1n) is 5.80. The van der Waals surface area contributed by atoms with Crippen LogP contribution >= 0.6 is 0 Å². The summed E-state index contributed by atoms with van der Waals surface area (Å²) >= 11 is 0. The summed E-state index contributed by atoms with van der Waals surface area (Å²) in [6, 6.07) is 5.21. The number of hydrogen-bond acceptors (Lipinski definition) is 4. The van der Waals surface area contributed by atoms with E-state index in [1.54, 1.807) is 37.2 Å². The van der Waals surface area contributed by atoms with E-state index in [1.165, 1.54) is 4.90 Å². The molecule has 0 bridgehead atoms. The minimum atomic E-state index is -0.200. The zero-order valence-electron chi connectivity index (χ0n) is 10.5. The Balaban J connectivity index is 2.13. The van der Waals surface area contributed by atoms with Crippen molar-refractivity contribution in [2.24, 2.45) is 0 Å². The molecule has 0 aromatic carbocycles. The number of carbonyl (C=O) groups is 2. The second-order valence-corrected chi connectivity index (χ2v) is 4.20. The lowest BCUT2D eigenvalue weighted by Crippen LogP contribution is -2.50. The van der Waals surface area contributed by atoms with Gasteiger partial charge in [0.2, 0.25) is 5.91 Å². The van der Waals surface area contributed by atoms with Crippen LogP contribution in [0.4, 0.5) is 5.82 Å². The quantitative estimate of drug-likeness (QED) is 0.802. The van der Waals surface area contributed by atoms with E-state index in [0.717, 1.165) is 0 Å². The molecule has 0 radical (unpaired) electrons. The largest absolute Gasteiger partial charge is 0.373 e. The number of aromatic nitrogens is 1. The first-order chi connectivity index (χ1) is 8.61. The molecule has 2 amide bonds. The van der Waals surface area contributed by atoms with Gasteiger partial charge in [-0.25, -0.2) is 4.98 Å². The molecule has 2 rings (SSSR count). The summed E-state index contributed by atoms with van der Waals surface area (Å²) in [5.41, 5.74) is 0.360. The second kappa shape index (κ2) is 5.03. The number of hydrogen-bond donors (Lipinski definition) is 1. The van der Waals surface area contributed by atoms with Gasteiger partial charge in [-0.3, -0.25) is 9.59 Å². The predicted octanol–water partition coefficient (Wildman–Crippen LogP) is 0.0375. The van der Waals surface area contributed by atoms with E-state index in [0.29, 0.717) is 24.6 Å². The fourth-order valence-corrected chi connectivity index (χ4v) is 1.79. The van der Waals surface area contributed by atoms with Crippen LogP contribution in [-0.4, -0.2) is 60.3 Å². The fraction of sp³-hybridized carbons (Fsp3) is 0.417. The minimum Gasteiger partial charge on any atom is -0.373 e. The van der Waals surface area contributed by atoms with Crippen molar-refractivity contribution in [3.8, 4) is 0 Å². The highest BCUT2D eigenvalue weighted by Gasteiger charge is 2.26. The summed E-state index contributed by atoms with van der Waals surface area (Å²) in [5, 5.41) is 2.88. The highest BCUT2D eigenvalue weighted by molar-refractivity contribution is 5.95. The number of anilines is 1. The van der Waals surface area contributed by atoms with E-state index < -0.39 is 0 Å². The monoisotopic (exact) mass is 248 g/mol. The lowest BCUT2D eigenvalue weighted by atomic mass is 10.2. The molecule has 2 heterocycles. The van der Waals surface area contributed by atoms with Crippen molar-refractivity contribution in [1.29, 1.82) is 0 Å². The molecule has 1 N–H and O–H groups in total. The van der Waals surface area contributed by atoms with Gasteiger partial charge in [0.25, 0.3) is 5.91 Å². The van der Waals surface area contributed by atoms with E-state index in [1.807, 2.05) is 0 Å². The zero-order chi connectivity index (χ0) is 13.1. The second-order valence-electron chi connectivity index (χ2n) is 4.20. The van der Waals surface area contributed by atoms with Crippen molar-refractivity contribution in [2.75, 3.05) is 39.0 Å². The van der Waals surface area contributed by atoms with E-state index in [9.17, 15) is 9.59 Å². The van der Waals surface area contributed by atoms with Crippen LogP contribution in [0.5, 0.6) is 0 Å². The summed E-state index contributed by atoms with van der Waals surface area (Å²) in [5.74, 6) is 0.397. The number of likely N-dealkylation sites (N-methyl/N-ethyl adjacent to an activating group) is 1. The molecule has 6 heteroatoms. The smallest absolute Gasteiger partial charge is 0.273 e. The van der Waals surface area contributed by atoms with Crippen molar-refractivity contribution in [2.45, 2.75) is 0 Å². The molecule has 6 nitrogen and oxygen atoms in total. The van der Waals surface area contributed by atoms with E-state index in [-0.39, 0.29) is 18.4 Å². The van der Waals surface area contributed by atoms with Gasteiger partial charge in [0, 0.05) is 27.2 Å². The highest BCUT2D eigenvalue weighted by atomic mass is 16.2. The average Bonchev–Trinajstić information content (AvgIpc) is 2.41. The maximum absolute atomic E-state index is 12.2. The topological polar surface area (TPSA) is 65.5 Å². The Bertz CT molecular complexity index is 475. The van der Waals surface area contributed by atoms with Gasteiger partial charge >= 0.3 is 0 Å². The fourth-order valence-electron chi connectivity index (χ4n) is 1.79. The Labute approximate surface area is 106 Å². The summed E-state index contributed by atoms with van der Waals surface area (Å²) in [4.78, 5) is 31.1. The van der Waals surface area contributed by atoms with Gasteiger partial charge in [-0.15, -0.1) is 0 Å². The molecule has 1 aromatic heterocycles. The van der Waals surface area contributed by atoms with Gasteiger partial charge < -0.3 is 15.1 Å². The number of rotatable bonds is 2. The third kappa shape index (κ3) is 2.42. The van der Waals surface area contributed by atoms with Gasteiger partial charge in [0.1, 0.15) is 18.1 Å². The Morgan fingerprint density at radius 3 is 2.83 bits per heavy atom. The van der Waals surface area contributed by atoms with Crippen LogP contribution < -0.4 is 5.32 Å². The highest BCUT2D eigenvalue weighted by Crippen LogP contribution is 2.09. The molecule has 96 valence electrons. The predicted molar refractivity (Wildman–Crippen MR) is 67.3 cm³/mol. The molecule has 0 unspecified atom stereocenters. The van der Waals surface area contributed by atoms with Crippen molar-refractivity contribution < 1.29 is 9.59 Å². The van der Waals surface area contributed by atoms with E-state index in [2.05, 4.69) is 10.3 Å². The normalized spacial score (nSPS) is 15.8. The number of piperazine rings is 1. The molecule has 1 aromatic rings. The summed E-state index contributed by atoms with van der Waals surface area (Å²) < 4.78 is 0. The van der Waals surface area contributed by atoms with Crippen molar-refractivity contribution in [1.82, 2.24) is 14.8 Å². The third-order valence-corrected chi connectivity index (χ3v) is 2.97. The molecule has 18 heavy (non-hydrogen) atoms. The summed E-state index contributed by atoms with van der Waals surface area (Å²) in [6.07, 6.45) is 0. The maximum Gasteiger partial charge on any atom is 0.273 e. The summed E-state index contributed by atoms with van der Waals surface area (Å²) in [7, 11) is 3.49. The van der Waals surface area contributed by atoms with Crippen LogP contribution in [0, 0.1) is 0 Å². The maximum atomic E-state index is 12.2. The Morgan fingerprint density at radius 1 is 1.39 bits per heavy atom. The standard InChI is InChI=1S/C12H16N4O2/c1-13-10-5-3-4-9(14-10)12(18)16-7-6-15(2)11(17)8-16/h3-5H,6-8H2,1-2H3,(H,13,14). The number of pyridine rings is 1. The number of nitrogens with zero attached hydrogens (tertiary/aromatic N) is 3. The first kappa shape index (κ1) is 12.3. The van der Waals surface area contributed by atoms with Crippen LogP contribution in [0.2, 0.25) is 0 Å². The van der Waals surface area contributed by atoms with Gasteiger partial charge in [-0.05, 0) is 12.1 Å². The molecule has 0 atom stereocenters. The van der Waals surface area contributed by atoms with Crippen LogP contribution in [0.1, 0.15) is 10.5 Å². The van der Waals surface area contributed by atoms with Gasteiger partial charge in [0.15, 0.2) is 0 Å². The lowest BCUT2D eigenvalue weighted by Gasteiger charge is -2.31. The molecule has 1 aliphatic heterocycles. The van der Waals surface area contributed by atoms with Crippen LogP contribution in [-0.2, 0) is 4.79 Å². The zero-order valence-corrected chi connectivity index (χ0v) is 10.5. The third-order valence-electron chi connectivity index (χ3n) is 2.97. The molecule has 0 saturated carbocycles. The lowest BCUT2D eigenvalue weighted by molar-refractivity contribution is -0.133. The SMILES string of the molecule is CNc1cccc(C(=O)N2CCN(C)C(=O)C2)n1. The first-order valence-corrected chi connectivity index (χ1v) is 5.80. The van der Waals surface area contributed by atoms with Crippen LogP contribution in [0.3, 0.4) is 0 Å². The summed E-state index contributed by atoms with van der Waals surface area (Å²) in [6.45, 7) is 1.24. The Morgan fingerprint density at radius 2 is 2.17 bits per heavy atom.